The first kappa shape index (κ1) is 26.1. The number of rotatable bonds is 5. The molecule has 182 valence electrons. The molecule has 8 atom stereocenters. The van der Waals surface area contributed by atoms with E-state index >= 15 is 0 Å². The molecule has 2 bridgehead atoms. The van der Waals surface area contributed by atoms with Crippen LogP contribution in [0.15, 0.2) is 47.8 Å². The number of carbonyl (C=O) groups is 2. The number of aliphatic hydroxyl groups is 2. The molecule has 2 N–H and O–H groups in total. The van der Waals surface area contributed by atoms with Crippen molar-refractivity contribution in [1.29, 1.82) is 0 Å². The van der Waals surface area contributed by atoms with E-state index < -0.39 is 28.0 Å². The molecule has 3 rings (SSSR count). The van der Waals surface area contributed by atoms with Crippen molar-refractivity contribution in [1.82, 2.24) is 0 Å². The van der Waals surface area contributed by atoms with Crippen molar-refractivity contribution in [3.63, 3.8) is 0 Å². The number of hydrogen-bond donors (Lipinski definition) is 4. The summed E-state index contributed by atoms with van der Waals surface area (Å²) in [4.78, 5) is 24.4. The molecule has 1 aliphatic heterocycles. The van der Waals surface area contributed by atoms with Gasteiger partial charge in [-0.15, -0.1) is 12.6 Å². The maximum Gasteiger partial charge on any atom is 0.327 e. The summed E-state index contributed by atoms with van der Waals surface area (Å²) in [5, 5.41) is 20.7. The fraction of sp³-hybridized carbons (Fsp3) is 0.600. The molecule has 33 heavy (non-hydrogen) atoms. The number of cyclic esters (lactones) is 1. The number of fused-ring (bicyclic) bond motifs is 4. The molecule has 6 nitrogen and oxygen atoms in total. The molecule has 0 spiro atoms. The molecule has 0 saturated heterocycles. The molecule has 0 unspecified atom stereocenters. The summed E-state index contributed by atoms with van der Waals surface area (Å²) in [5.41, 5.74) is 0.241. The van der Waals surface area contributed by atoms with Gasteiger partial charge in [0, 0.05) is 18.6 Å². The van der Waals surface area contributed by atoms with E-state index in [2.05, 4.69) is 43.5 Å². The number of carbonyl (C=O) groups excluding carboxylic acids is 2. The molecule has 0 fully saturated rings. The van der Waals surface area contributed by atoms with Crippen molar-refractivity contribution in [2.45, 2.75) is 49.4 Å². The average molecular weight is 495 g/mol. The van der Waals surface area contributed by atoms with Gasteiger partial charge in [0.25, 0.3) is 0 Å². The number of Topliss-reactive ketones (excluding diaryl/α,β-unsaturated/α-hetero) is 1. The number of ketones is 1. The Morgan fingerprint density at radius 1 is 1.21 bits per heavy atom. The first-order chi connectivity index (χ1) is 15.6. The van der Waals surface area contributed by atoms with Crippen LogP contribution in [0, 0.1) is 29.6 Å². The van der Waals surface area contributed by atoms with Crippen LogP contribution in [0.25, 0.3) is 0 Å². The Labute approximate surface area is 206 Å². The monoisotopic (exact) mass is 494 g/mol. The van der Waals surface area contributed by atoms with E-state index in [9.17, 15) is 19.8 Å². The van der Waals surface area contributed by atoms with E-state index in [4.69, 9.17) is 9.47 Å². The van der Waals surface area contributed by atoms with Crippen LogP contribution in [-0.2, 0) is 19.1 Å². The number of methoxy groups -OCH3 is 1. The first-order valence-corrected chi connectivity index (χ1v) is 12.4. The Morgan fingerprint density at radius 2 is 1.91 bits per heavy atom. The Hall–Kier alpha value is -1.48. The second-order valence-corrected chi connectivity index (χ2v) is 10.6. The van der Waals surface area contributed by atoms with Gasteiger partial charge < -0.3 is 19.7 Å². The molecule has 3 aliphatic rings. The van der Waals surface area contributed by atoms with Crippen molar-refractivity contribution < 1.29 is 29.3 Å². The molecule has 0 radical (unpaired) electrons. The van der Waals surface area contributed by atoms with Gasteiger partial charge in [0.2, 0.25) is 0 Å². The Bertz CT molecular complexity index is 874. The van der Waals surface area contributed by atoms with Crippen LogP contribution < -0.4 is 0 Å². The zero-order chi connectivity index (χ0) is 24.3. The smallest absolute Gasteiger partial charge is 0.327 e. The highest BCUT2D eigenvalue weighted by molar-refractivity contribution is 7.82. The largest absolute Gasteiger partial charge is 0.512 e. The highest BCUT2D eigenvalue weighted by Gasteiger charge is 2.47. The van der Waals surface area contributed by atoms with Crippen LogP contribution in [0.5, 0.6) is 0 Å². The van der Waals surface area contributed by atoms with E-state index in [1.54, 1.807) is 13.0 Å². The lowest BCUT2D eigenvalue weighted by molar-refractivity contribution is -0.147. The van der Waals surface area contributed by atoms with Crippen LogP contribution in [0.4, 0.5) is 0 Å². The van der Waals surface area contributed by atoms with Gasteiger partial charge in [-0.3, -0.25) is 9.59 Å². The van der Waals surface area contributed by atoms with Crippen LogP contribution in [-0.4, -0.2) is 52.0 Å². The third kappa shape index (κ3) is 5.78. The average Bonchev–Trinajstić information content (AvgIpc) is 2.75. The standard InChI is InChI=1S/C25H34O6S2/c1-4-17-16(12-25(29,33)13-30-3)9-10-18-15-8-6-5-7-14(2)31-24(28)23(32)22(27)19(11-15)21(26)20(17)18/h5-10,14-18,20,23,26,29,32-33H,4,11-13H2,1-3H3/b7-5+,8-6-/t14-,15-,16+,17+,18-,20-,23-,25-/m0/s1. The number of ether oxygens (including phenoxy) is 2. The minimum atomic E-state index is -1.31. The van der Waals surface area contributed by atoms with Crippen LogP contribution in [0.1, 0.15) is 33.1 Å². The van der Waals surface area contributed by atoms with E-state index in [-0.39, 0.29) is 47.5 Å². The quantitative estimate of drug-likeness (QED) is 0.153. The fourth-order valence-corrected chi connectivity index (χ4v) is 5.97. The van der Waals surface area contributed by atoms with Crippen LogP contribution >= 0.6 is 25.3 Å². The summed E-state index contributed by atoms with van der Waals surface area (Å²) < 4.78 is 10.4. The normalized spacial score (nSPS) is 38.4. The molecule has 8 heteroatoms. The fourth-order valence-electron chi connectivity index (χ4n) is 5.41. The second kappa shape index (κ2) is 10.8. The van der Waals surface area contributed by atoms with Gasteiger partial charge in [-0.05, 0) is 49.5 Å². The number of esters is 1. The van der Waals surface area contributed by atoms with Gasteiger partial charge >= 0.3 is 5.97 Å². The van der Waals surface area contributed by atoms with Gasteiger partial charge in [0.1, 0.15) is 16.8 Å². The maximum atomic E-state index is 13.2. The highest BCUT2D eigenvalue weighted by atomic mass is 32.1. The summed E-state index contributed by atoms with van der Waals surface area (Å²) >= 11 is 8.61. The highest BCUT2D eigenvalue weighted by Crippen LogP contribution is 2.51. The third-order valence-corrected chi connectivity index (χ3v) is 7.65. The van der Waals surface area contributed by atoms with Crippen molar-refractivity contribution >= 4 is 37.0 Å². The van der Waals surface area contributed by atoms with Gasteiger partial charge in [0.15, 0.2) is 11.0 Å². The lowest BCUT2D eigenvalue weighted by Gasteiger charge is -2.46. The summed E-state index contributed by atoms with van der Waals surface area (Å²) in [6, 6.07) is 0. The zero-order valence-corrected chi connectivity index (χ0v) is 21.0. The summed E-state index contributed by atoms with van der Waals surface area (Å²) in [7, 11) is 1.51. The summed E-state index contributed by atoms with van der Waals surface area (Å²) in [6.07, 6.45) is 12.6. The Morgan fingerprint density at radius 3 is 2.58 bits per heavy atom. The summed E-state index contributed by atoms with van der Waals surface area (Å²) in [6.45, 7) is 3.84. The number of aliphatic hydroxyl groups excluding tert-OH is 1. The molecule has 0 aromatic heterocycles. The lowest BCUT2D eigenvalue weighted by atomic mass is 9.59. The number of thiol groups is 2. The number of allylic oxidation sites excluding steroid dienone is 7. The van der Waals surface area contributed by atoms with Crippen molar-refractivity contribution in [2.24, 2.45) is 29.6 Å². The SMILES string of the molecule is CC[C@H]1[C@@H]2C(O)=C3C[C@H](/C=C\C=C\[C@H](C)OC(=O)[C@@H](S)C3=O)[C@@H]2C=C[C@@H]1C[C@](O)(S)COC. The zero-order valence-electron chi connectivity index (χ0n) is 19.3. The minimum absolute atomic E-state index is 0.00600. The lowest BCUT2D eigenvalue weighted by Crippen LogP contribution is -2.43. The topological polar surface area (TPSA) is 93.1 Å². The predicted octanol–water partition coefficient (Wildman–Crippen LogP) is 3.84. The van der Waals surface area contributed by atoms with Gasteiger partial charge in [-0.1, -0.05) is 43.7 Å². The van der Waals surface area contributed by atoms with Gasteiger partial charge in [0.05, 0.1) is 6.61 Å². The van der Waals surface area contributed by atoms with Crippen LogP contribution in [0.2, 0.25) is 0 Å². The molecule has 0 saturated carbocycles. The van der Waals surface area contributed by atoms with Gasteiger partial charge in [-0.2, -0.15) is 12.6 Å². The Balaban J connectivity index is 2.05. The van der Waals surface area contributed by atoms with Crippen LogP contribution in [0.3, 0.4) is 0 Å². The molecule has 1 heterocycles. The summed E-state index contributed by atoms with van der Waals surface area (Å²) in [5.74, 6) is -1.65. The molecule has 0 aromatic carbocycles. The first-order valence-electron chi connectivity index (χ1n) is 11.4. The molecular formula is C25H34O6S2. The number of hydrogen-bond acceptors (Lipinski definition) is 8. The maximum absolute atomic E-state index is 13.2. The van der Waals surface area contributed by atoms with Crippen molar-refractivity contribution in [3.8, 4) is 0 Å². The van der Waals surface area contributed by atoms with E-state index in [1.165, 1.54) is 7.11 Å². The predicted molar refractivity (Wildman–Crippen MR) is 133 cm³/mol. The Kier molecular flexibility index (Phi) is 8.59. The van der Waals surface area contributed by atoms with E-state index in [1.807, 2.05) is 19.1 Å². The van der Waals surface area contributed by atoms with Crippen molar-refractivity contribution in [2.75, 3.05) is 13.7 Å². The third-order valence-electron chi connectivity index (χ3n) is 6.90. The van der Waals surface area contributed by atoms with E-state index in [0.29, 0.717) is 12.8 Å². The minimum Gasteiger partial charge on any atom is -0.512 e. The van der Waals surface area contributed by atoms with Gasteiger partial charge in [-0.25, -0.2) is 0 Å². The second-order valence-electron chi connectivity index (χ2n) is 9.25. The molecule has 0 amide bonds. The molecule has 0 aromatic rings. The molecule has 2 aliphatic carbocycles. The van der Waals surface area contributed by atoms with E-state index in [0.717, 1.165) is 6.42 Å². The van der Waals surface area contributed by atoms with Crippen molar-refractivity contribution in [3.05, 3.63) is 47.8 Å². The molecular weight excluding hydrogens is 460 g/mol.